The summed E-state index contributed by atoms with van der Waals surface area (Å²) in [5.74, 6) is 0. The Morgan fingerprint density at radius 2 is 1.05 bits per heavy atom. The van der Waals surface area contributed by atoms with Crippen molar-refractivity contribution in [3.63, 3.8) is 0 Å². The van der Waals surface area contributed by atoms with E-state index >= 15 is 0 Å². The number of fused-ring (bicyclic) bond motifs is 3. The van der Waals surface area contributed by atoms with Crippen LogP contribution in [0.2, 0.25) is 0 Å². The smallest absolute Gasteiger partial charge is 0.0862 e. The molecule has 1 nitrogen and oxygen atoms in total. The van der Waals surface area contributed by atoms with Crippen LogP contribution in [0.5, 0.6) is 0 Å². The van der Waals surface area contributed by atoms with Crippen molar-refractivity contribution in [1.29, 1.82) is 0 Å². The van der Waals surface area contributed by atoms with Crippen LogP contribution in [0.25, 0.3) is 11.1 Å². The molecule has 0 saturated heterocycles. The molecule has 0 amide bonds. The van der Waals surface area contributed by atoms with Gasteiger partial charge in [0, 0.05) is 0 Å². The van der Waals surface area contributed by atoms with Gasteiger partial charge in [-0.25, -0.2) is 4.21 Å². The third-order valence-corrected chi connectivity index (χ3v) is 5.86. The summed E-state index contributed by atoms with van der Waals surface area (Å²) in [5, 5.41) is 0. The second-order valence-corrected chi connectivity index (χ2v) is 9.61. The number of hydrogen-bond acceptors (Lipinski definition) is 1. The van der Waals surface area contributed by atoms with Gasteiger partial charge >= 0.3 is 0 Å². The fraction of sp³-hybridized carbons (Fsp3) is 0.400. The quantitative estimate of drug-likeness (QED) is 0.541. The highest BCUT2D eigenvalue weighted by Crippen LogP contribution is 2.43. The van der Waals surface area contributed by atoms with Crippen LogP contribution >= 0.6 is 0 Å². The zero-order chi connectivity index (χ0) is 16.3. The lowest BCUT2D eigenvalue weighted by Gasteiger charge is -2.19. The average Bonchev–Trinajstić information content (AvgIpc) is 2.70. The van der Waals surface area contributed by atoms with Gasteiger partial charge in [0.25, 0.3) is 0 Å². The summed E-state index contributed by atoms with van der Waals surface area (Å²) in [7, 11) is -1.06. The summed E-state index contributed by atoms with van der Waals surface area (Å²) in [5.41, 5.74) is 4.88. The molecule has 0 radical (unpaired) electrons. The molecule has 0 atom stereocenters. The summed E-state index contributed by atoms with van der Waals surface area (Å²) >= 11 is 0. The second-order valence-electron chi connectivity index (χ2n) is 8.19. The zero-order valence-corrected chi connectivity index (χ0v) is 15.1. The third kappa shape index (κ3) is 2.44. The van der Waals surface area contributed by atoms with Gasteiger partial charge in [-0.2, -0.15) is 0 Å². The molecule has 2 aromatic rings. The van der Waals surface area contributed by atoms with Crippen molar-refractivity contribution in [2.45, 2.75) is 62.2 Å². The first kappa shape index (κ1) is 15.5. The van der Waals surface area contributed by atoms with E-state index in [0.29, 0.717) is 0 Å². The van der Waals surface area contributed by atoms with E-state index in [2.05, 4.69) is 77.9 Å². The Hall–Kier alpha value is -1.41. The van der Waals surface area contributed by atoms with E-state index in [1.165, 1.54) is 11.1 Å². The summed E-state index contributed by atoms with van der Waals surface area (Å²) in [6.45, 7) is 13.2. The molecule has 22 heavy (non-hydrogen) atoms. The number of hydrogen-bond donors (Lipinski definition) is 0. The van der Waals surface area contributed by atoms with Crippen LogP contribution in [0.4, 0.5) is 0 Å². The largest absolute Gasteiger partial charge is 0.249 e. The third-order valence-electron chi connectivity index (χ3n) is 4.38. The van der Waals surface area contributed by atoms with Crippen molar-refractivity contribution in [2.24, 2.45) is 0 Å². The first-order valence-corrected chi connectivity index (χ1v) is 8.95. The maximum Gasteiger partial charge on any atom is 0.0862 e. The number of rotatable bonds is 0. The highest BCUT2D eigenvalue weighted by molar-refractivity contribution is 7.85. The predicted octanol–water partition coefficient (Wildman–Crippen LogP) is 5.43. The molecule has 0 saturated carbocycles. The predicted molar refractivity (Wildman–Crippen MR) is 94.0 cm³/mol. The van der Waals surface area contributed by atoms with Crippen LogP contribution in [0.3, 0.4) is 0 Å². The molecule has 3 rings (SSSR count). The fourth-order valence-corrected chi connectivity index (χ4v) is 4.31. The lowest BCUT2D eigenvalue weighted by atomic mass is 9.85. The molecule has 0 fully saturated rings. The molecular formula is C20H24OS. The van der Waals surface area contributed by atoms with Crippen LogP contribution in [0.1, 0.15) is 52.7 Å². The highest BCUT2D eigenvalue weighted by Gasteiger charge is 2.29. The van der Waals surface area contributed by atoms with Crippen molar-refractivity contribution in [1.82, 2.24) is 0 Å². The average molecular weight is 312 g/mol. The van der Waals surface area contributed by atoms with Gasteiger partial charge in [0.1, 0.15) is 0 Å². The summed E-state index contributed by atoms with van der Waals surface area (Å²) in [6.07, 6.45) is 0. The van der Waals surface area contributed by atoms with E-state index < -0.39 is 10.8 Å². The SMILES string of the molecule is CC(C)(C)c1ccc2c(c1)S(=O)c1cc(C(C)(C)C)ccc1-2. The highest BCUT2D eigenvalue weighted by atomic mass is 32.2. The maximum atomic E-state index is 13.0. The maximum absolute atomic E-state index is 13.0. The molecular weight excluding hydrogens is 288 g/mol. The minimum atomic E-state index is -1.06. The second kappa shape index (κ2) is 4.79. The molecule has 1 heterocycles. The normalized spacial score (nSPS) is 14.8. The van der Waals surface area contributed by atoms with Crippen molar-refractivity contribution in [3.05, 3.63) is 47.5 Å². The van der Waals surface area contributed by atoms with Gasteiger partial charge in [0.05, 0.1) is 20.6 Å². The Labute approximate surface area is 136 Å². The molecule has 0 N–H and O–H groups in total. The van der Waals surface area contributed by atoms with Gasteiger partial charge in [-0.15, -0.1) is 0 Å². The first-order valence-electron chi connectivity index (χ1n) is 7.80. The molecule has 1 aliphatic heterocycles. The van der Waals surface area contributed by atoms with E-state index in [0.717, 1.165) is 20.9 Å². The first-order chi connectivity index (χ1) is 10.1. The Morgan fingerprint density at radius 3 is 1.36 bits per heavy atom. The molecule has 0 spiro atoms. The van der Waals surface area contributed by atoms with Gasteiger partial charge in [0.2, 0.25) is 0 Å². The Morgan fingerprint density at radius 1 is 0.682 bits per heavy atom. The molecule has 2 heteroatoms. The van der Waals surface area contributed by atoms with E-state index in [1.54, 1.807) is 0 Å². The van der Waals surface area contributed by atoms with E-state index in [1.807, 2.05) is 0 Å². The number of benzene rings is 2. The van der Waals surface area contributed by atoms with Gasteiger partial charge < -0.3 is 0 Å². The van der Waals surface area contributed by atoms with Crippen LogP contribution in [-0.2, 0) is 21.6 Å². The molecule has 0 aromatic heterocycles. The van der Waals surface area contributed by atoms with Crippen LogP contribution in [0.15, 0.2) is 46.2 Å². The monoisotopic (exact) mass is 312 g/mol. The Bertz CT molecular complexity index is 708. The van der Waals surface area contributed by atoms with Crippen molar-refractivity contribution in [3.8, 4) is 11.1 Å². The standard InChI is InChI=1S/C20H24OS/c1-19(2,3)13-7-9-15-16-10-8-14(20(4,5)6)12-18(16)22(21)17(15)11-13/h7-12H,1-6H3. The molecule has 0 bridgehead atoms. The summed E-state index contributed by atoms with van der Waals surface area (Å²) < 4.78 is 13.0. The Kier molecular flexibility index (Phi) is 3.37. The van der Waals surface area contributed by atoms with Crippen LogP contribution in [-0.4, -0.2) is 4.21 Å². The molecule has 0 aliphatic carbocycles. The van der Waals surface area contributed by atoms with Gasteiger partial charge in [-0.05, 0) is 45.2 Å². The van der Waals surface area contributed by atoms with Crippen LogP contribution < -0.4 is 0 Å². The molecule has 2 aromatic carbocycles. The lowest BCUT2D eigenvalue weighted by molar-refractivity contribution is 0.588. The van der Waals surface area contributed by atoms with E-state index in [-0.39, 0.29) is 10.8 Å². The zero-order valence-electron chi connectivity index (χ0n) is 14.3. The molecule has 116 valence electrons. The molecule has 0 unspecified atom stereocenters. The van der Waals surface area contributed by atoms with Gasteiger partial charge in [-0.3, -0.25) is 0 Å². The summed E-state index contributed by atoms with van der Waals surface area (Å²) in [6, 6.07) is 12.9. The minimum Gasteiger partial charge on any atom is -0.249 e. The van der Waals surface area contributed by atoms with Crippen molar-refractivity contribution < 1.29 is 4.21 Å². The van der Waals surface area contributed by atoms with Crippen molar-refractivity contribution in [2.75, 3.05) is 0 Å². The van der Waals surface area contributed by atoms with Gasteiger partial charge in [0.15, 0.2) is 0 Å². The molecule has 1 aliphatic rings. The topological polar surface area (TPSA) is 17.1 Å². The lowest BCUT2D eigenvalue weighted by Crippen LogP contribution is -2.11. The van der Waals surface area contributed by atoms with Crippen molar-refractivity contribution >= 4 is 10.8 Å². The minimum absolute atomic E-state index is 0.0740. The van der Waals surface area contributed by atoms with Crippen LogP contribution in [0, 0.1) is 0 Å². The fourth-order valence-electron chi connectivity index (χ4n) is 2.85. The Balaban J connectivity index is 2.16. The summed E-state index contributed by atoms with van der Waals surface area (Å²) in [4.78, 5) is 1.93. The van der Waals surface area contributed by atoms with E-state index in [4.69, 9.17) is 0 Å². The van der Waals surface area contributed by atoms with Gasteiger partial charge in [-0.1, -0.05) is 65.8 Å². The van der Waals surface area contributed by atoms with E-state index in [9.17, 15) is 4.21 Å².